The molecule has 2 aromatic heterocycles. The van der Waals surface area contributed by atoms with E-state index in [9.17, 15) is 13.7 Å². The predicted molar refractivity (Wildman–Crippen MR) is 134 cm³/mol. The molecule has 2 aliphatic heterocycles. The second-order valence-electron chi connectivity index (χ2n) is 8.31. The number of carbonyl (C=O) groups is 1. The van der Waals surface area contributed by atoms with E-state index in [4.69, 9.17) is 16.6 Å². The number of halogens is 2. The zero-order chi connectivity index (χ0) is 25.2. The molecule has 13 heteroatoms. The minimum absolute atomic E-state index is 0.160. The molecular formula is C23H23ClFN7O3S. The van der Waals surface area contributed by atoms with Gasteiger partial charge in [-0.1, -0.05) is 17.7 Å². The van der Waals surface area contributed by atoms with E-state index in [1.54, 1.807) is 18.5 Å². The van der Waals surface area contributed by atoms with E-state index >= 15 is 0 Å². The molecule has 1 aromatic carbocycles. The summed E-state index contributed by atoms with van der Waals surface area (Å²) in [5, 5.41) is 3.61. The quantitative estimate of drug-likeness (QED) is 0.375. The zero-order valence-corrected chi connectivity index (χ0v) is 21.0. The number of rotatable bonds is 6. The Balaban J connectivity index is 1.35. The summed E-state index contributed by atoms with van der Waals surface area (Å²) in [6, 6.07) is 4.46. The van der Waals surface area contributed by atoms with Crippen molar-refractivity contribution in [2.24, 2.45) is 0 Å². The van der Waals surface area contributed by atoms with E-state index in [1.165, 1.54) is 19.2 Å². The van der Waals surface area contributed by atoms with E-state index in [-0.39, 0.29) is 12.0 Å². The van der Waals surface area contributed by atoms with E-state index < -0.39 is 23.0 Å². The van der Waals surface area contributed by atoms with Gasteiger partial charge in [-0.05, 0) is 28.9 Å². The van der Waals surface area contributed by atoms with Gasteiger partial charge in [0.25, 0.3) is 0 Å². The van der Waals surface area contributed by atoms with Crippen molar-refractivity contribution in [3.05, 3.63) is 52.7 Å². The number of nitrogens with zero attached hydrogens (tertiary/aromatic N) is 6. The number of piperazine rings is 1. The summed E-state index contributed by atoms with van der Waals surface area (Å²) >= 11 is 4.65. The molecule has 0 radical (unpaired) electrons. The van der Waals surface area contributed by atoms with Gasteiger partial charge in [-0.25, -0.2) is 19.3 Å². The van der Waals surface area contributed by atoms with Crippen LogP contribution in [0.2, 0.25) is 5.02 Å². The molecule has 10 nitrogen and oxygen atoms in total. The number of aryl methyl sites for hydroxylation is 1. The fraction of sp³-hybridized carbons (Fsp3) is 0.348. The molecule has 1 unspecified atom stereocenters. The molecule has 5 rings (SSSR count). The molecule has 1 fully saturated rings. The fourth-order valence-corrected chi connectivity index (χ4v) is 5.52. The van der Waals surface area contributed by atoms with Crippen molar-refractivity contribution < 1.29 is 18.5 Å². The van der Waals surface area contributed by atoms with Crippen LogP contribution < -0.4 is 15.1 Å². The van der Waals surface area contributed by atoms with Crippen LogP contribution in [0.4, 0.5) is 27.8 Å². The Morgan fingerprint density at radius 1 is 1.17 bits per heavy atom. The number of esters is 1. The van der Waals surface area contributed by atoms with Crippen molar-refractivity contribution in [1.29, 1.82) is 0 Å². The minimum atomic E-state index is -1.24. The number of ether oxygens (including phenoxy) is 1. The third kappa shape index (κ3) is 5.15. The van der Waals surface area contributed by atoms with Crippen LogP contribution >= 0.6 is 11.6 Å². The standard InChI is InChI=1S/C23H23ClFN7O3S/c1-35-19(33)10-14-2-3-16(11-17(14)25)28-21-20-18(4-9-36(20)34)29-23(30-21)32-7-5-31(6-8-32)22-26-12-15(24)13-27-22/h2-3,11-13H,4-10H2,1H3,(H,28,29,30). The molecule has 2 aliphatic rings. The van der Waals surface area contributed by atoms with Crippen LogP contribution in [0.15, 0.2) is 35.5 Å². The lowest BCUT2D eigenvalue weighted by atomic mass is 10.1. The van der Waals surface area contributed by atoms with Crippen LogP contribution in [0.25, 0.3) is 0 Å². The van der Waals surface area contributed by atoms with Gasteiger partial charge >= 0.3 is 5.97 Å². The Bertz CT molecular complexity index is 1280. The highest BCUT2D eigenvalue weighted by Gasteiger charge is 2.33. The number of anilines is 4. The fourth-order valence-electron chi connectivity index (χ4n) is 4.12. The van der Waals surface area contributed by atoms with Crippen LogP contribution in [0, 0.1) is 5.82 Å². The topological polar surface area (TPSA) is 119 Å². The van der Waals surface area contributed by atoms with Gasteiger partial charge in [0.2, 0.25) is 16.8 Å². The number of methoxy groups -OCH3 is 1. The van der Waals surface area contributed by atoms with Crippen LogP contribution in [0.1, 0.15) is 11.3 Å². The number of aromatic nitrogens is 4. The van der Waals surface area contributed by atoms with Crippen LogP contribution in [-0.4, -0.2) is 69.5 Å². The molecule has 1 atom stereocenters. The highest BCUT2D eigenvalue weighted by atomic mass is 35.5. The summed E-state index contributed by atoms with van der Waals surface area (Å²) < 4.78 is 31.9. The van der Waals surface area contributed by atoms with Crippen molar-refractivity contribution in [2.75, 3.05) is 54.2 Å². The van der Waals surface area contributed by atoms with Gasteiger partial charge in [0, 0.05) is 38.3 Å². The van der Waals surface area contributed by atoms with E-state index in [0.29, 0.717) is 71.7 Å². The molecule has 0 spiro atoms. The average Bonchev–Trinajstić information content (AvgIpc) is 3.27. The third-order valence-corrected chi connectivity index (χ3v) is 7.66. The number of benzene rings is 1. The maximum absolute atomic E-state index is 14.6. The second kappa shape index (κ2) is 10.4. The van der Waals surface area contributed by atoms with Gasteiger partial charge in [-0.3, -0.25) is 4.79 Å². The van der Waals surface area contributed by atoms with Crippen molar-refractivity contribution in [3.8, 4) is 0 Å². The highest BCUT2D eigenvalue weighted by molar-refractivity contribution is 7.91. The average molecular weight is 532 g/mol. The summed E-state index contributed by atoms with van der Waals surface area (Å²) in [6.07, 6.45) is 3.56. The van der Waals surface area contributed by atoms with E-state index in [2.05, 4.69) is 34.8 Å². The Morgan fingerprint density at radius 3 is 2.53 bits per heavy atom. The maximum atomic E-state index is 14.6. The SMILES string of the molecule is COC(=O)Cc1ccc(Nc2nc(N3CCN(c4ncc(Cl)cn4)CC3)nc3c2[S+]([O-])CC3)cc1F. The maximum Gasteiger partial charge on any atom is 0.310 e. The van der Waals surface area contributed by atoms with Gasteiger partial charge < -0.3 is 24.4 Å². The highest BCUT2D eigenvalue weighted by Crippen LogP contribution is 2.34. The van der Waals surface area contributed by atoms with Gasteiger partial charge in [0.15, 0.2) is 5.82 Å². The smallest absolute Gasteiger partial charge is 0.310 e. The Hall–Kier alpha value is -3.22. The summed E-state index contributed by atoms with van der Waals surface area (Å²) in [5.41, 5.74) is 1.39. The van der Waals surface area contributed by atoms with Crippen LogP contribution in [0.5, 0.6) is 0 Å². The first-order valence-corrected chi connectivity index (χ1v) is 13.0. The Kier molecular flexibility index (Phi) is 7.08. The first kappa shape index (κ1) is 24.5. The summed E-state index contributed by atoms with van der Waals surface area (Å²) in [5.74, 6) is 0.938. The summed E-state index contributed by atoms with van der Waals surface area (Å²) in [4.78, 5) is 34.1. The lowest BCUT2D eigenvalue weighted by molar-refractivity contribution is -0.139. The molecule has 1 N–H and O–H groups in total. The van der Waals surface area contributed by atoms with E-state index in [0.717, 1.165) is 5.69 Å². The largest absolute Gasteiger partial charge is 0.611 e. The third-order valence-electron chi connectivity index (χ3n) is 6.01. The Labute approximate surface area is 215 Å². The zero-order valence-electron chi connectivity index (χ0n) is 19.4. The molecule has 0 bridgehead atoms. The Morgan fingerprint density at radius 2 is 1.86 bits per heavy atom. The molecule has 4 heterocycles. The number of nitrogens with one attached hydrogen (secondary N) is 1. The van der Waals surface area contributed by atoms with Crippen LogP contribution in [0.3, 0.4) is 0 Å². The molecule has 36 heavy (non-hydrogen) atoms. The van der Waals surface area contributed by atoms with Gasteiger partial charge in [-0.15, -0.1) is 0 Å². The summed E-state index contributed by atoms with van der Waals surface area (Å²) in [6.45, 7) is 2.63. The molecule has 0 amide bonds. The molecule has 0 aliphatic carbocycles. The van der Waals surface area contributed by atoms with Crippen molar-refractivity contribution >= 4 is 52.1 Å². The van der Waals surface area contributed by atoms with Crippen molar-refractivity contribution in [1.82, 2.24) is 19.9 Å². The molecule has 3 aromatic rings. The number of fused-ring (bicyclic) bond motifs is 1. The van der Waals surface area contributed by atoms with Crippen LogP contribution in [-0.2, 0) is 33.5 Å². The molecule has 188 valence electrons. The number of carbonyl (C=O) groups excluding carboxylic acids is 1. The van der Waals surface area contributed by atoms with Gasteiger partial charge in [0.1, 0.15) is 17.3 Å². The predicted octanol–water partition coefficient (Wildman–Crippen LogP) is 2.51. The van der Waals surface area contributed by atoms with E-state index in [1.807, 2.05) is 0 Å². The second-order valence-corrected chi connectivity index (χ2v) is 10.3. The number of hydrogen-bond acceptors (Lipinski definition) is 10. The first-order chi connectivity index (χ1) is 17.4. The molecular weight excluding hydrogens is 509 g/mol. The van der Waals surface area contributed by atoms with Gasteiger partial charge in [-0.2, -0.15) is 4.98 Å². The lowest BCUT2D eigenvalue weighted by Crippen LogP contribution is -2.47. The monoisotopic (exact) mass is 531 g/mol. The normalized spacial score (nSPS) is 17.2. The molecule has 0 saturated carbocycles. The van der Waals surface area contributed by atoms with Crippen molar-refractivity contribution in [3.63, 3.8) is 0 Å². The lowest BCUT2D eigenvalue weighted by Gasteiger charge is -2.34. The minimum Gasteiger partial charge on any atom is -0.611 e. The van der Waals surface area contributed by atoms with Gasteiger partial charge in [0.05, 0.1) is 30.9 Å². The first-order valence-electron chi connectivity index (χ1n) is 11.3. The number of hydrogen-bond donors (Lipinski definition) is 1. The van der Waals surface area contributed by atoms with Crippen molar-refractivity contribution in [2.45, 2.75) is 17.7 Å². The summed E-state index contributed by atoms with van der Waals surface area (Å²) in [7, 11) is 1.26. The molecule has 1 saturated heterocycles.